The number of nitrogens with one attached hydrogen (secondary N) is 1. The number of anilines is 1. The number of hydrogen-bond acceptors (Lipinski definition) is 6. The first-order chi connectivity index (χ1) is 14.9. The van der Waals surface area contributed by atoms with Gasteiger partial charge in [0.25, 0.3) is 11.8 Å². The van der Waals surface area contributed by atoms with Crippen molar-refractivity contribution in [1.29, 1.82) is 0 Å². The molecule has 2 aromatic carbocycles. The highest BCUT2D eigenvalue weighted by atomic mass is 127. The third kappa shape index (κ3) is 4.66. The molecule has 1 N–H and O–H groups in total. The first-order valence-electron chi connectivity index (χ1n) is 9.54. The molecule has 9 heteroatoms. The molecule has 0 saturated carbocycles. The monoisotopic (exact) mass is 536 g/mol. The summed E-state index contributed by atoms with van der Waals surface area (Å²) in [6.45, 7) is 4.41. The van der Waals surface area contributed by atoms with Gasteiger partial charge in [0.1, 0.15) is 11.3 Å². The zero-order valence-electron chi connectivity index (χ0n) is 17.2. The number of ether oxygens (including phenoxy) is 3. The van der Waals surface area contributed by atoms with E-state index in [0.717, 1.165) is 8.47 Å². The summed E-state index contributed by atoms with van der Waals surface area (Å²) < 4.78 is 17.3. The topological polar surface area (TPSA) is 94.2 Å². The number of halogens is 1. The Labute approximate surface area is 193 Å². The number of imide groups is 2. The Hall–Kier alpha value is -3.08. The summed E-state index contributed by atoms with van der Waals surface area (Å²) in [6, 6.07) is 9.24. The van der Waals surface area contributed by atoms with Gasteiger partial charge in [0.15, 0.2) is 11.5 Å². The van der Waals surface area contributed by atoms with Crippen molar-refractivity contribution in [2.45, 2.75) is 13.8 Å². The third-order valence-electron chi connectivity index (χ3n) is 4.35. The summed E-state index contributed by atoms with van der Waals surface area (Å²) >= 11 is 2.09. The molecule has 2 aromatic rings. The van der Waals surface area contributed by atoms with Crippen LogP contribution >= 0.6 is 22.6 Å². The van der Waals surface area contributed by atoms with Crippen molar-refractivity contribution in [2.24, 2.45) is 0 Å². The second kappa shape index (κ2) is 9.82. The molecular weight excluding hydrogens is 515 g/mol. The van der Waals surface area contributed by atoms with Crippen molar-refractivity contribution in [1.82, 2.24) is 5.32 Å². The van der Waals surface area contributed by atoms with Crippen LogP contribution in [-0.2, 0) is 9.59 Å². The van der Waals surface area contributed by atoms with Crippen molar-refractivity contribution in [2.75, 3.05) is 25.2 Å². The molecule has 31 heavy (non-hydrogen) atoms. The van der Waals surface area contributed by atoms with Gasteiger partial charge in [-0.2, -0.15) is 0 Å². The number of para-hydroxylation sites is 2. The van der Waals surface area contributed by atoms with Crippen molar-refractivity contribution in [3.63, 3.8) is 0 Å². The maximum Gasteiger partial charge on any atom is 0.336 e. The number of amides is 4. The largest absolute Gasteiger partial charge is 0.492 e. The number of carbonyl (C=O) groups is 3. The van der Waals surface area contributed by atoms with Crippen molar-refractivity contribution in [3.05, 3.63) is 51.1 Å². The van der Waals surface area contributed by atoms with Crippen LogP contribution in [0.15, 0.2) is 42.0 Å². The molecule has 0 spiro atoms. The van der Waals surface area contributed by atoms with E-state index < -0.39 is 17.8 Å². The molecule has 1 saturated heterocycles. The van der Waals surface area contributed by atoms with Gasteiger partial charge >= 0.3 is 6.03 Å². The van der Waals surface area contributed by atoms with Gasteiger partial charge in [-0.1, -0.05) is 12.1 Å². The number of carbonyl (C=O) groups excluding carboxylic acids is 3. The fourth-order valence-corrected chi connectivity index (χ4v) is 3.94. The molecule has 0 bridgehead atoms. The zero-order chi connectivity index (χ0) is 22.5. The van der Waals surface area contributed by atoms with Gasteiger partial charge < -0.3 is 14.2 Å². The van der Waals surface area contributed by atoms with E-state index >= 15 is 0 Å². The standard InChI is InChI=1S/C22H21IN2O6/c1-4-30-17-9-7-6-8-16(17)25-21(27)14(20(26)24-22(25)28)10-13-11-15(23)19(29-3)18(12-13)31-5-2/h6-12H,4-5H2,1-3H3,(H,24,26,28)/b14-10+. The summed E-state index contributed by atoms with van der Waals surface area (Å²) in [6.07, 6.45) is 1.42. The lowest BCUT2D eigenvalue weighted by Crippen LogP contribution is -2.54. The number of rotatable bonds is 7. The Bertz CT molecular complexity index is 1070. The summed E-state index contributed by atoms with van der Waals surface area (Å²) in [7, 11) is 1.54. The molecule has 1 aliphatic heterocycles. The fourth-order valence-electron chi connectivity index (χ4n) is 3.09. The smallest absolute Gasteiger partial charge is 0.336 e. The number of methoxy groups -OCH3 is 1. The Morgan fingerprint density at radius 1 is 1.03 bits per heavy atom. The molecule has 0 radical (unpaired) electrons. The van der Waals surface area contributed by atoms with Gasteiger partial charge in [0.2, 0.25) is 0 Å². The van der Waals surface area contributed by atoms with E-state index in [0.29, 0.717) is 36.0 Å². The molecule has 1 heterocycles. The van der Waals surface area contributed by atoms with E-state index in [9.17, 15) is 14.4 Å². The van der Waals surface area contributed by atoms with Gasteiger partial charge in [0, 0.05) is 0 Å². The van der Waals surface area contributed by atoms with Crippen LogP contribution in [0.4, 0.5) is 10.5 Å². The molecule has 0 aliphatic carbocycles. The summed E-state index contributed by atoms with van der Waals surface area (Å²) in [5, 5.41) is 2.22. The highest BCUT2D eigenvalue weighted by molar-refractivity contribution is 14.1. The number of nitrogens with zero attached hydrogens (tertiary/aromatic N) is 1. The summed E-state index contributed by atoms with van der Waals surface area (Å²) in [5.41, 5.74) is 0.624. The highest BCUT2D eigenvalue weighted by Crippen LogP contribution is 2.35. The van der Waals surface area contributed by atoms with E-state index in [1.54, 1.807) is 43.3 Å². The predicted molar refractivity (Wildman–Crippen MR) is 123 cm³/mol. The van der Waals surface area contributed by atoms with Crippen LogP contribution in [0.3, 0.4) is 0 Å². The van der Waals surface area contributed by atoms with Gasteiger partial charge in [-0.15, -0.1) is 0 Å². The minimum atomic E-state index is -0.835. The van der Waals surface area contributed by atoms with Gasteiger partial charge in [-0.3, -0.25) is 14.9 Å². The lowest BCUT2D eigenvalue weighted by Gasteiger charge is -2.27. The molecule has 1 fully saturated rings. The molecular formula is C22H21IN2O6. The minimum absolute atomic E-state index is 0.186. The Balaban J connectivity index is 2.06. The SMILES string of the molecule is CCOc1ccccc1N1C(=O)NC(=O)/C(=C\c2cc(I)c(OC)c(OCC)c2)C1=O. The van der Waals surface area contributed by atoms with Gasteiger partial charge in [-0.05, 0) is 72.3 Å². The van der Waals surface area contributed by atoms with E-state index in [1.807, 2.05) is 6.92 Å². The van der Waals surface area contributed by atoms with Crippen LogP contribution in [0.1, 0.15) is 19.4 Å². The third-order valence-corrected chi connectivity index (χ3v) is 5.16. The van der Waals surface area contributed by atoms with Crippen molar-refractivity contribution in [3.8, 4) is 17.2 Å². The summed E-state index contributed by atoms with van der Waals surface area (Å²) in [5.74, 6) is -0.109. The second-order valence-electron chi connectivity index (χ2n) is 6.33. The molecule has 0 atom stereocenters. The van der Waals surface area contributed by atoms with Crippen molar-refractivity contribution < 1.29 is 28.6 Å². The highest BCUT2D eigenvalue weighted by Gasteiger charge is 2.38. The van der Waals surface area contributed by atoms with Crippen LogP contribution in [-0.4, -0.2) is 38.2 Å². The van der Waals surface area contributed by atoms with Crippen LogP contribution < -0.4 is 24.4 Å². The van der Waals surface area contributed by atoms with E-state index in [1.165, 1.54) is 13.2 Å². The van der Waals surface area contributed by atoms with Crippen LogP contribution in [0.5, 0.6) is 17.2 Å². The molecule has 1 aliphatic rings. The van der Waals surface area contributed by atoms with Gasteiger partial charge in [-0.25, -0.2) is 9.69 Å². The molecule has 3 rings (SSSR count). The van der Waals surface area contributed by atoms with Crippen molar-refractivity contribution >= 4 is 52.2 Å². The molecule has 4 amide bonds. The predicted octanol–water partition coefficient (Wildman–Crippen LogP) is 3.76. The number of urea groups is 1. The second-order valence-corrected chi connectivity index (χ2v) is 7.49. The molecule has 8 nitrogen and oxygen atoms in total. The normalized spacial score (nSPS) is 15.2. The molecule has 0 unspecified atom stereocenters. The Morgan fingerprint density at radius 3 is 2.39 bits per heavy atom. The Morgan fingerprint density at radius 2 is 1.71 bits per heavy atom. The minimum Gasteiger partial charge on any atom is -0.492 e. The maximum absolute atomic E-state index is 13.2. The number of benzene rings is 2. The van der Waals surface area contributed by atoms with E-state index in [-0.39, 0.29) is 11.3 Å². The Kier molecular flexibility index (Phi) is 7.16. The van der Waals surface area contributed by atoms with Crippen LogP contribution in [0, 0.1) is 3.57 Å². The lowest BCUT2D eigenvalue weighted by atomic mass is 10.1. The number of hydrogen-bond donors (Lipinski definition) is 1. The van der Waals surface area contributed by atoms with E-state index in [4.69, 9.17) is 14.2 Å². The van der Waals surface area contributed by atoms with Crippen LogP contribution in [0.2, 0.25) is 0 Å². The first-order valence-corrected chi connectivity index (χ1v) is 10.6. The zero-order valence-corrected chi connectivity index (χ0v) is 19.4. The van der Waals surface area contributed by atoms with Crippen LogP contribution in [0.25, 0.3) is 6.08 Å². The average Bonchev–Trinajstić information content (AvgIpc) is 2.72. The quantitative estimate of drug-likeness (QED) is 0.329. The van der Waals surface area contributed by atoms with Gasteiger partial charge in [0.05, 0.1) is 29.6 Å². The molecule has 0 aromatic heterocycles. The number of barbiturate groups is 1. The molecule has 162 valence electrons. The van der Waals surface area contributed by atoms with E-state index in [2.05, 4.69) is 27.9 Å². The lowest BCUT2D eigenvalue weighted by molar-refractivity contribution is -0.122. The summed E-state index contributed by atoms with van der Waals surface area (Å²) in [4.78, 5) is 39.1. The maximum atomic E-state index is 13.2. The fraction of sp³-hybridized carbons (Fsp3) is 0.227. The first kappa shape index (κ1) is 22.6. The average molecular weight is 536 g/mol.